The Morgan fingerprint density at radius 2 is 2.15 bits per heavy atom. The van der Waals surface area contributed by atoms with Gasteiger partial charge >= 0.3 is 6.09 Å². The maximum absolute atomic E-state index is 11.7. The van der Waals surface area contributed by atoms with Crippen molar-refractivity contribution in [3.05, 3.63) is 22.6 Å². The molecule has 0 saturated heterocycles. The van der Waals surface area contributed by atoms with Gasteiger partial charge in [-0.25, -0.2) is 4.79 Å². The lowest BCUT2D eigenvalue weighted by atomic mass is 10.2. The summed E-state index contributed by atoms with van der Waals surface area (Å²) in [5.41, 5.74) is -0.476. The highest BCUT2D eigenvalue weighted by atomic mass is 79.9. The van der Waals surface area contributed by atoms with Crippen molar-refractivity contribution in [1.82, 2.24) is 10.6 Å². The van der Waals surface area contributed by atoms with Gasteiger partial charge in [0, 0.05) is 12.6 Å². The van der Waals surface area contributed by atoms with E-state index in [2.05, 4.69) is 26.6 Å². The summed E-state index contributed by atoms with van der Waals surface area (Å²) in [4.78, 5) is 11.7. The number of carbonyl (C=O) groups is 1. The largest absolute Gasteiger partial charge is 0.453 e. The molecule has 0 saturated carbocycles. The Kier molecular flexibility index (Phi) is 6.55. The summed E-state index contributed by atoms with van der Waals surface area (Å²) in [6.07, 6.45) is 0.445. The zero-order valence-electron chi connectivity index (χ0n) is 12.5. The quantitative estimate of drug-likeness (QED) is 0.828. The molecule has 1 aromatic heterocycles. The second-order valence-corrected chi connectivity index (χ2v) is 6.37. The Labute approximate surface area is 128 Å². The zero-order chi connectivity index (χ0) is 15.2. The summed E-state index contributed by atoms with van der Waals surface area (Å²) in [5, 5.41) is 6.10. The Morgan fingerprint density at radius 1 is 1.45 bits per heavy atom. The number of alkyl carbamates (subject to hydrolysis) is 1. The van der Waals surface area contributed by atoms with E-state index < -0.39 is 5.60 Å². The van der Waals surface area contributed by atoms with Crippen molar-refractivity contribution in [3.63, 3.8) is 0 Å². The third kappa shape index (κ3) is 6.96. The number of rotatable bonds is 6. The third-order valence-corrected chi connectivity index (χ3v) is 2.96. The summed E-state index contributed by atoms with van der Waals surface area (Å²) in [5.74, 6) is 0.851. The molecular weight excluding hydrogens is 324 g/mol. The minimum Gasteiger partial charge on any atom is -0.453 e. The smallest absolute Gasteiger partial charge is 0.407 e. The molecule has 0 aliphatic rings. The molecule has 6 heteroatoms. The SMILES string of the molecule is CCC(CNCc1ccc(Br)o1)NC(=O)OC(C)(C)C. The van der Waals surface area contributed by atoms with Gasteiger partial charge in [0.25, 0.3) is 0 Å². The van der Waals surface area contributed by atoms with Crippen LogP contribution in [0, 0.1) is 0 Å². The first-order chi connectivity index (χ1) is 9.30. The first-order valence-electron chi connectivity index (χ1n) is 6.74. The fourth-order valence-corrected chi connectivity index (χ4v) is 1.93. The van der Waals surface area contributed by atoms with Gasteiger partial charge in [-0.1, -0.05) is 6.92 Å². The number of hydrogen-bond acceptors (Lipinski definition) is 4. The van der Waals surface area contributed by atoms with Crippen molar-refractivity contribution in [2.45, 2.75) is 52.3 Å². The first kappa shape index (κ1) is 17.0. The van der Waals surface area contributed by atoms with Crippen molar-refractivity contribution >= 4 is 22.0 Å². The van der Waals surface area contributed by atoms with Crippen LogP contribution in [0.4, 0.5) is 4.79 Å². The van der Waals surface area contributed by atoms with E-state index >= 15 is 0 Å². The molecule has 5 nitrogen and oxygen atoms in total. The topological polar surface area (TPSA) is 63.5 Å². The summed E-state index contributed by atoms with van der Waals surface area (Å²) < 4.78 is 11.3. The third-order valence-electron chi connectivity index (χ3n) is 2.53. The van der Waals surface area contributed by atoms with Crippen molar-refractivity contribution in [3.8, 4) is 0 Å². The van der Waals surface area contributed by atoms with Gasteiger partial charge in [0.2, 0.25) is 0 Å². The van der Waals surface area contributed by atoms with Gasteiger partial charge in [-0.15, -0.1) is 0 Å². The van der Waals surface area contributed by atoms with Crippen LogP contribution in [0.3, 0.4) is 0 Å². The van der Waals surface area contributed by atoms with E-state index in [9.17, 15) is 4.79 Å². The van der Waals surface area contributed by atoms with Gasteiger partial charge in [-0.05, 0) is 55.3 Å². The minimum atomic E-state index is -0.476. The standard InChI is InChI=1S/C14H23BrN2O3/c1-5-10(17-13(18)20-14(2,3)4)8-16-9-11-6-7-12(15)19-11/h6-7,10,16H,5,8-9H2,1-4H3,(H,17,18). The Morgan fingerprint density at radius 3 is 2.65 bits per heavy atom. The Bertz CT molecular complexity index is 426. The van der Waals surface area contributed by atoms with E-state index in [0.717, 1.165) is 12.2 Å². The monoisotopic (exact) mass is 346 g/mol. The van der Waals surface area contributed by atoms with Crippen LogP contribution in [0.1, 0.15) is 39.9 Å². The van der Waals surface area contributed by atoms with Gasteiger partial charge in [-0.3, -0.25) is 0 Å². The summed E-state index contributed by atoms with van der Waals surface area (Å²) in [6.45, 7) is 8.85. The number of halogens is 1. The van der Waals surface area contributed by atoms with E-state index in [4.69, 9.17) is 9.15 Å². The minimum absolute atomic E-state index is 0.0308. The fourth-order valence-electron chi connectivity index (χ4n) is 1.59. The molecular formula is C14H23BrN2O3. The molecule has 1 heterocycles. The lowest BCUT2D eigenvalue weighted by Crippen LogP contribution is -2.43. The van der Waals surface area contributed by atoms with Crippen LogP contribution in [0.25, 0.3) is 0 Å². The lowest BCUT2D eigenvalue weighted by Gasteiger charge is -2.23. The molecule has 114 valence electrons. The highest BCUT2D eigenvalue weighted by molar-refractivity contribution is 9.10. The summed E-state index contributed by atoms with van der Waals surface area (Å²) in [6, 6.07) is 3.79. The van der Waals surface area contributed by atoms with E-state index in [-0.39, 0.29) is 12.1 Å². The Hall–Kier alpha value is -1.01. The molecule has 0 aromatic carbocycles. The second kappa shape index (κ2) is 7.69. The van der Waals surface area contributed by atoms with Crippen LogP contribution in [0.5, 0.6) is 0 Å². The average Bonchev–Trinajstić information content (AvgIpc) is 2.71. The van der Waals surface area contributed by atoms with E-state index in [0.29, 0.717) is 17.8 Å². The number of amides is 1. The maximum Gasteiger partial charge on any atom is 0.407 e. The predicted octanol–water partition coefficient (Wildman–Crippen LogP) is 3.44. The molecule has 0 spiro atoms. The molecule has 20 heavy (non-hydrogen) atoms. The van der Waals surface area contributed by atoms with Crippen molar-refractivity contribution in [2.75, 3.05) is 6.54 Å². The number of nitrogens with one attached hydrogen (secondary N) is 2. The van der Waals surface area contributed by atoms with Crippen molar-refractivity contribution in [2.24, 2.45) is 0 Å². The highest BCUT2D eigenvalue weighted by Gasteiger charge is 2.18. The number of furan rings is 1. The molecule has 0 fully saturated rings. The molecule has 1 atom stereocenters. The Balaban J connectivity index is 2.30. The molecule has 1 rings (SSSR count). The molecule has 0 aliphatic carbocycles. The molecule has 0 radical (unpaired) electrons. The highest BCUT2D eigenvalue weighted by Crippen LogP contribution is 2.13. The molecule has 1 unspecified atom stereocenters. The molecule has 1 amide bonds. The van der Waals surface area contributed by atoms with Crippen LogP contribution < -0.4 is 10.6 Å². The molecule has 0 aliphatic heterocycles. The van der Waals surface area contributed by atoms with Crippen molar-refractivity contribution < 1.29 is 13.9 Å². The molecule has 1 aromatic rings. The number of hydrogen-bond donors (Lipinski definition) is 2. The molecule has 0 bridgehead atoms. The van der Waals surface area contributed by atoms with E-state index in [1.165, 1.54) is 0 Å². The molecule has 2 N–H and O–H groups in total. The first-order valence-corrected chi connectivity index (χ1v) is 7.54. The zero-order valence-corrected chi connectivity index (χ0v) is 14.0. The van der Waals surface area contributed by atoms with Gasteiger partial charge in [0.1, 0.15) is 11.4 Å². The van der Waals surface area contributed by atoms with Crippen LogP contribution >= 0.6 is 15.9 Å². The van der Waals surface area contributed by atoms with Crippen molar-refractivity contribution in [1.29, 1.82) is 0 Å². The van der Waals surface area contributed by atoms with Gasteiger partial charge in [0.15, 0.2) is 4.67 Å². The second-order valence-electron chi connectivity index (χ2n) is 5.59. The summed E-state index contributed by atoms with van der Waals surface area (Å²) >= 11 is 3.26. The van der Waals surface area contributed by atoms with Crippen LogP contribution in [-0.2, 0) is 11.3 Å². The average molecular weight is 347 g/mol. The fraction of sp³-hybridized carbons (Fsp3) is 0.643. The van der Waals surface area contributed by atoms with E-state index in [1.54, 1.807) is 0 Å². The van der Waals surface area contributed by atoms with E-state index in [1.807, 2.05) is 39.8 Å². The normalized spacial score (nSPS) is 13.1. The maximum atomic E-state index is 11.7. The van der Waals surface area contributed by atoms with Crippen LogP contribution in [0.15, 0.2) is 21.2 Å². The van der Waals surface area contributed by atoms with Gasteiger partial charge in [-0.2, -0.15) is 0 Å². The number of ether oxygens (including phenoxy) is 1. The van der Waals surface area contributed by atoms with Gasteiger partial charge < -0.3 is 19.8 Å². The summed E-state index contributed by atoms with van der Waals surface area (Å²) in [7, 11) is 0. The number of carbonyl (C=O) groups excluding carboxylic acids is 1. The van der Waals surface area contributed by atoms with Gasteiger partial charge in [0.05, 0.1) is 6.54 Å². The lowest BCUT2D eigenvalue weighted by molar-refractivity contribution is 0.0502. The predicted molar refractivity (Wildman–Crippen MR) is 81.6 cm³/mol. The van der Waals surface area contributed by atoms with Crippen LogP contribution in [-0.4, -0.2) is 24.3 Å². The van der Waals surface area contributed by atoms with Crippen LogP contribution in [0.2, 0.25) is 0 Å².